The van der Waals surface area contributed by atoms with Gasteiger partial charge in [-0.3, -0.25) is 4.79 Å². The molecule has 3 aromatic rings. The zero-order valence-electron chi connectivity index (χ0n) is 17.1. The summed E-state index contributed by atoms with van der Waals surface area (Å²) in [6.07, 6.45) is 1.97. The molecule has 1 aliphatic rings. The number of rotatable bonds is 4. The second-order valence-electron chi connectivity index (χ2n) is 7.72. The predicted molar refractivity (Wildman–Crippen MR) is 116 cm³/mol. The van der Waals surface area contributed by atoms with E-state index in [9.17, 15) is 9.90 Å². The van der Waals surface area contributed by atoms with E-state index in [2.05, 4.69) is 4.90 Å². The summed E-state index contributed by atoms with van der Waals surface area (Å²) in [7, 11) is 5.19. The third kappa shape index (κ3) is 3.60. The second kappa shape index (κ2) is 7.66. The van der Waals surface area contributed by atoms with E-state index >= 15 is 0 Å². The minimum Gasteiger partial charge on any atom is -0.508 e. The fourth-order valence-electron chi connectivity index (χ4n) is 4.06. The number of ether oxygens (including phenoxy) is 1. The lowest BCUT2D eigenvalue weighted by Gasteiger charge is -2.32. The number of aromatic hydroxyl groups is 1. The van der Waals surface area contributed by atoms with Gasteiger partial charge in [0.25, 0.3) is 5.91 Å². The molecule has 0 saturated carbocycles. The van der Waals surface area contributed by atoms with Crippen LogP contribution in [0.1, 0.15) is 27.9 Å². The summed E-state index contributed by atoms with van der Waals surface area (Å²) >= 11 is 0. The molecular weight excluding hydrogens is 364 g/mol. The summed E-state index contributed by atoms with van der Waals surface area (Å²) in [4.78, 5) is 16.2. The third-order valence-electron chi connectivity index (χ3n) is 5.61. The molecule has 0 spiro atoms. The smallest absolute Gasteiger partial charge is 0.253 e. The maximum absolute atomic E-state index is 12.3. The highest BCUT2D eigenvalue weighted by Gasteiger charge is 2.21. The molecule has 4 rings (SSSR count). The van der Waals surface area contributed by atoms with Crippen LogP contribution in [-0.4, -0.2) is 43.7 Å². The molecule has 0 unspecified atom stereocenters. The highest BCUT2D eigenvalue weighted by molar-refractivity contribution is 5.94. The van der Waals surface area contributed by atoms with Gasteiger partial charge in [0.15, 0.2) is 0 Å². The largest absolute Gasteiger partial charge is 0.508 e. The number of carbonyl (C=O) groups excluding carboxylic acids is 1. The van der Waals surface area contributed by atoms with Crippen molar-refractivity contribution in [2.24, 2.45) is 0 Å². The number of fused-ring (bicyclic) bond motifs is 2. The van der Waals surface area contributed by atoms with Gasteiger partial charge >= 0.3 is 0 Å². The molecular formula is C24H26N2O3. The van der Waals surface area contributed by atoms with Gasteiger partial charge in [0.2, 0.25) is 0 Å². The Morgan fingerprint density at radius 3 is 2.69 bits per heavy atom. The number of phenols is 1. The lowest BCUT2D eigenvalue weighted by atomic mass is 9.97. The van der Waals surface area contributed by atoms with Crippen LogP contribution in [0.3, 0.4) is 0 Å². The number of aryl methyl sites for hydroxylation is 1. The quantitative estimate of drug-likeness (QED) is 0.725. The molecule has 1 aliphatic heterocycles. The van der Waals surface area contributed by atoms with Crippen molar-refractivity contribution in [3.63, 3.8) is 0 Å². The van der Waals surface area contributed by atoms with Gasteiger partial charge in [0.1, 0.15) is 11.5 Å². The molecule has 150 valence electrons. The Hall–Kier alpha value is -3.21. The molecule has 0 aromatic heterocycles. The topological polar surface area (TPSA) is 53.0 Å². The van der Waals surface area contributed by atoms with Crippen LogP contribution < -0.4 is 9.64 Å². The molecule has 1 N–H and O–H groups in total. The van der Waals surface area contributed by atoms with E-state index in [4.69, 9.17) is 4.74 Å². The molecule has 0 bridgehead atoms. The summed E-state index contributed by atoms with van der Waals surface area (Å²) in [6.45, 7) is 1.51. The number of hydrogen-bond acceptors (Lipinski definition) is 4. The molecule has 29 heavy (non-hydrogen) atoms. The molecule has 0 atom stereocenters. The molecule has 0 radical (unpaired) electrons. The van der Waals surface area contributed by atoms with Crippen LogP contribution in [0.2, 0.25) is 0 Å². The first-order valence-corrected chi connectivity index (χ1v) is 9.86. The van der Waals surface area contributed by atoms with Crippen LogP contribution in [-0.2, 0) is 13.0 Å². The second-order valence-corrected chi connectivity index (χ2v) is 7.72. The van der Waals surface area contributed by atoms with Crippen LogP contribution in [0.5, 0.6) is 11.5 Å². The number of nitrogens with zero attached hydrogens (tertiary/aromatic N) is 2. The van der Waals surface area contributed by atoms with Crippen molar-refractivity contribution in [3.8, 4) is 11.5 Å². The van der Waals surface area contributed by atoms with Crippen LogP contribution in [0, 0.1) is 0 Å². The van der Waals surface area contributed by atoms with Crippen molar-refractivity contribution in [2.45, 2.75) is 19.4 Å². The first kappa shape index (κ1) is 19.1. The van der Waals surface area contributed by atoms with Gasteiger partial charge in [-0.25, -0.2) is 0 Å². The summed E-state index contributed by atoms with van der Waals surface area (Å²) in [5.41, 5.74) is 3.92. The standard InChI is InChI=1S/C24H26N2O3/c1-25(2)24(28)18-7-10-22-17(13-18)5-4-12-26(22)15-21-20-14-19(29-3)9-6-16(20)8-11-23(21)27/h6-11,13-14,27H,4-5,12,15H2,1-3H3. The number of hydrogen-bond donors (Lipinski definition) is 1. The molecule has 5 heteroatoms. The molecule has 1 heterocycles. The van der Waals surface area contributed by atoms with Crippen molar-refractivity contribution in [3.05, 3.63) is 65.2 Å². The van der Waals surface area contributed by atoms with Gasteiger partial charge in [-0.1, -0.05) is 12.1 Å². The van der Waals surface area contributed by atoms with E-state index in [1.807, 2.05) is 42.5 Å². The fraction of sp³-hybridized carbons (Fsp3) is 0.292. The fourth-order valence-corrected chi connectivity index (χ4v) is 4.06. The first-order valence-electron chi connectivity index (χ1n) is 9.86. The van der Waals surface area contributed by atoms with Gasteiger partial charge in [-0.15, -0.1) is 0 Å². The van der Waals surface area contributed by atoms with Gasteiger partial charge < -0.3 is 19.6 Å². The number of benzene rings is 3. The number of methoxy groups -OCH3 is 1. The Morgan fingerprint density at radius 1 is 1.14 bits per heavy atom. The Morgan fingerprint density at radius 2 is 1.93 bits per heavy atom. The zero-order valence-corrected chi connectivity index (χ0v) is 17.1. The van der Waals surface area contributed by atoms with Gasteiger partial charge in [-0.05, 0) is 65.6 Å². The molecule has 0 saturated heterocycles. The monoisotopic (exact) mass is 390 g/mol. The highest BCUT2D eigenvalue weighted by atomic mass is 16.5. The maximum Gasteiger partial charge on any atom is 0.253 e. The SMILES string of the molecule is COc1ccc2ccc(O)c(CN3CCCc4cc(C(=O)N(C)C)ccc43)c2c1. The highest BCUT2D eigenvalue weighted by Crippen LogP contribution is 2.35. The summed E-state index contributed by atoms with van der Waals surface area (Å²) in [6, 6.07) is 15.6. The molecule has 5 nitrogen and oxygen atoms in total. The van der Waals surface area contributed by atoms with Crippen molar-refractivity contribution in [1.29, 1.82) is 0 Å². The van der Waals surface area contributed by atoms with Crippen LogP contribution in [0.15, 0.2) is 48.5 Å². The van der Waals surface area contributed by atoms with Crippen molar-refractivity contribution < 1.29 is 14.6 Å². The molecule has 1 amide bonds. The Kier molecular flexibility index (Phi) is 5.05. The summed E-state index contributed by atoms with van der Waals surface area (Å²) in [5, 5.41) is 12.7. The number of anilines is 1. The van der Waals surface area contributed by atoms with E-state index in [0.29, 0.717) is 12.1 Å². The number of carbonyl (C=O) groups is 1. The Balaban J connectivity index is 1.72. The zero-order chi connectivity index (χ0) is 20.5. The van der Waals surface area contributed by atoms with E-state index < -0.39 is 0 Å². The Labute approximate surface area is 171 Å². The molecule has 3 aromatic carbocycles. The van der Waals surface area contributed by atoms with Gasteiger partial charge in [0, 0.05) is 44.0 Å². The first-order chi connectivity index (χ1) is 14.0. The van der Waals surface area contributed by atoms with E-state index in [1.165, 1.54) is 5.56 Å². The van der Waals surface area contributed by atoms with Crippen LogP contribution in [0.4, 0.5) is 5.69 Å². The summed E-state index contributed by atoms with van der Waals surface area (Å²) in [5.74, 6) is 1.08. The van der Waals surface area contributed by atoms with Gasteiger partial charge in [0.05, 0.1) is 7.11 Å². The average molecular weight is 390 g/mol. The number of phenolic OH excluding ortho intramolecular Hbond substituents is 1. The molecule has 0 fully saturated rings. The third-order valence-corrected chi connectivity index (χ3v) is 5.61. The average Bonchev–Trinajstić information content (AvgIpc) is 2.74. The van der Waals surface area contributed by atoms with Crippen LogP contribution in [0.25, 0.3) is 10.8 Å². The van der Waals surface area contributed by atoms with Crippen LogP contribution >= 0.6 is 0 Å². The lowest BCUT2D eigenvalue weighted by molar-refractivity contribution is 0.0827. The van der Waals surface area contributed by atoms with Crippen molar-refractivity contribution >= 4 is 22.4 Å². The van der Waals surface area contributed by atoms with Gasteiger partial charge in [-0.2, -0.15) is 0 Å². The number of amides is 1. The van der Waals surface area contributed by atoms with E-state index in [-0.39, 0.29) is 11.7 Å². The Bertz CT molecular complexity index is 1080. The van der Waals surface area contributed by atoms with E-state index in [0.717, 1.165) is 47.2 Å². The van der Waals surface area contributed by atoms with E-state index in [1.54, 1.807) is 32.2 Å². The predicted octanol–water partition coefficient (Wildman–Crippen LogP) is 4.21. The van der Waals surface area contributed by atoms with Crippen molar-refractivity contribution in [1.82, 2.24) is 4.90 Å². The lowest BCUT2D eigenvalue weighted by Crippen LogP contribution is -2.29. The van der Waals surface area contributed by atoms with Crippen molar-refractivity contribution in [2.75, 3.05) is 32.6 Å². The minimum absolute atomic E-state index is 0.0173. The molecule has 0 aliphatic carbocycles. The minimum atomic E-state index is 0.0173. The summed E-state index contributed by atoms with van der Waals surface area (Å²) < 4.78 is 5.39. The normalized spacial score (nSPS) is 13.3. The maximum atomic E-state index is 12.3.